The van der Waals surface area contributed by atoms with Gasteiger partial charge < -0.3 is 5.32 Å². The highest BCUT2D eigenvalue weighted by molar-refractivity contribution is 5.72. The zero-order valence-corrected chi connectivity index (χ0v) is 11.0. The maximum absolute atomic E-state index is 13.6. The second kappa shape index (κ2) is 4.54. The van der Waals surface area contributed by atoms with Gasteiger partial charge in [-0.2, -0.15) is 0 Å². The second-order valence-corrected chi connectivity index (χ2v) is 4.99. The molecule has 3 rings (SSSR count). The van der Waals surface area contributed by atoms with Gasteiger partial charge in [0, 0.05) is 17.8 Å². The summed E-state index contributed by atoms with van der Waals surface area (Å²) in [4.78, 5) is 0. The summed E-state index contributed by atoms with van der Waals surface area (Å²) >= 11 is 0. The van der Waals surface area contributed by atoms with Gasteiger partial charge in [-0.05, 0) is 41.7 Å². The monoisotopic (exact) mass is 253 g/mol. The highest BCUT2D eigenvalue weighted by Crippen LogP contribution is 2.28. The number of halogens is 1. The average molecular weight is 253 g/mol. The lowest BCUT2D eigenvalue weighted by atomic mass is 9.93. The van der Waals surface area contributed by atoms with Crippen molar-refractivity contribution in [2.45, 2.75) is 13.3 Å². The molecule has 2 heteroatoms. The predicted octanol–water partition coefficient (Wildman–Crippen LogP) is 3.92. The summed E-state index contributed by atoms with van der Waals surface area (Å²) in [6.45, 7) is 6.71. The zero-order chi connectivity index (χ0) is 13.4. The van der Waals surface area contributed by atoms with Gasteiger partial charge >= 0.3 is 0 Å². The van der Waals surface area contributed by atoms with E-state index in [4.69, 9.17) is 0 Å². The quantitative estimate of drug-likeness (QED) is 0.812. The maximum Gasteiger partial charge on any atom is 0.126 e. The Bertz CT molecular complexity index is 658. The fourth-order valence-electron chi connectivity index (χ4n) is 2.49. The molecule has 2 aromatic rings. The van der Waals surface area contributed by atoms with Gasteiger partial charge in [-0.3, -0.25) is 0 Å². The molecule has 19 heavy (non-hydrogen) atoms. The summed E-state index contributed by atoms with van der Waals surface area (Å²) < 4.78 is 13.6. The molecular formula is C17H16FN. The van der Waals surface area contributed by atoms with Crippen LogP contribution in [0.25, 0.3) is 16.8 Å². The molecule has 0 unspecified atom stereocenters. The fourth-order valence-corrected chi connectivity index (χ4v) is 2.49. The molecule has 0 bridgehead atoms. The Morgan fingerprint density at radius 2 is 1.84 bits per heavy atom. The van der Waals surface area contributed by atoms with Gasteiger partial charge in [0.15, 0.2) is 0 Å². The minimum atomic E-state index is -0.152. The van der Waals surface area contributed by atoms with Crippen LogP contribution in [-0.2, 0) is 6.42 Å². The van der Waals surface area contributed by atoms with Gasteiger partial charge in [0.05, 0.1) is 0 Å². The lowest BCUT2D eigenvalue weighted by molar-refractivity contribution is 0.619. The number of fused-ring (bicyclic) bond motifs is 1. The Balaban J connectivity index is 2.06. The van der Waals surface area contributed by atoms with E-state index in [9.17, 15) is 4.39 Å². The van der Waals surface area contributed by atoms with Gasteiger partial charge in [-0.15, -0.1) is 0 Å². The Labute approximate surface area is 112 Å². The Morgan fingerprint density at radius 1 is 1.11 bits per heavy atom. The SMILES string of the molecule is C=C1NCCc2cc(-c3ccc(C)c(F)c3)ccc21. The molecule has 1 nitrogen and oxygen atoms in total. The third kappa shape index (κ3) is 2.14. The minimum absolute atomic E-state index is 0.152. The number of hydrogen-bond acceptors (Lipinski definition) is 1. The molecule has 1 aliphatic heterocycles. The van der Waals surface area contributed by atoms with E-state index in [-0.39, 0.29) is 5.82 Å². The van der Waals surface area contributed by atoms with Crippen molar-refractivity contribution in [3.05, 3.63) is 65.5 Å². The molecule has 1 heterocycles. The van der Waals surface area contributed by atoms with Crippen LogP contribution in [0, 0.1) is 12.7 Å². The fraction of sp³-hybridized carbons (Fsp3) is 0.176. The van der Waals surface area contributed by atoms with Crippen molar-refractivity contribution in [3.63, 3.8) is 0 Å². The van der Waals surface area contributed by atoms with E-state index < -0.39 is 0 Å². The van der Waals surface area contributed by atoms with Crippen LogP contribution in [0.2, 0.25) is 0 Å². The van der Waals surface area contributed by atoms with Crippen molar-refractivity contribution in [1.82, 2.24) is 5.32 Å². The van der Waals surface area contributed by atoms with E-state index in [1.54, 1.807) is 13.0 Å². The van der Waals surface area contributed by atoms with Crippen molar-refractivity contribution in [2.75, 3.05) is 6.54 Å². The summed E-state index contributed by atoms with van der Waals surface area (Å²) in [5.74, 6) is -0.152. The van der Waals surface area contributed by atoms with E-state index in [0.717, 1.165) is 29.8 Å². The van der Waals surface area contributed by atoms with Crippen molar-refractivity contribution in [1.29, 1.82) is 0 Å². The van der Waals surface area contributed by atoms with Crippen LogP contribution >= 0.6 is 0 Å². The number of aryl methyl sites for hydroxylation is 1. The van der Waals surface area contributed by atoms with Gasteiger partial charge in [0.2, 0.25) is 0 Å². The maximum atomic E-state index is 13.6. The minimum Gasteiger partial charge on any atom is -0.385 e. The predicted molar refractivity (Wildman–Crippen MR) is 77.3 cm³/mol. The molecule has 0 atom stereocenters. The molecule has 0 amide bonds. The van der Waals surface area contributed by atoms with Gasteiger partial charge in [0.25, 0.3) is 0 Å². The Morgan fingerprint density at radius 3 is 2.63 bits per heavy atom. The highest BCUT2D eigenvalue weighted by atomic mass is 19.1. The van der Waals surface area contributed by atoms with Crippen molar-refractivity contribution in [3.8, 4) is 11.1 Å². The second-order valence-electron chi connectivity index (χ2n) is 4.99. The van der Waals surface area contributed by atoms with E-state index in [1.165, 1.54) is 11.1 Å². The Kier molecular flexibility index (Phi) is 2.86. The molecule has 0 aliphatic carbocycles. The molecular weight excluding hydrogens is 237 g/mol. The van der Waals surface area contributed by atoms with Crippen LogP contribution in [0.3, 0.4) is 0 Å². The van der Waals surface area contributed by atoms with Gasteiger partial charge in [-0.1, -0.05) is 36.9 Å². The van der Waals surface area contributed by atoms with Gasteiger partial charge in [0.1, 0.15) is 5.82 Å². The molecule has 0 aromatic heterocycles. The molecule has 0 saturated heterocycles. The van der Waals surface area contributed by atoms with E-state index in [1.807, 2.05) is 18.2 Å². The highest BCUT2D eigenvalue weighted by Gasteiger charge is 2.13. The van der Waals surface area contributed by atoms with Crippen LogP contribution in [0.1, 0.15) is 16.7 Å². The number of benzene rings is 2. The van der Waals surface area contributed by atoms with Crippen molar-refractivity contribution < 1.29 is 4.39 Å². The summed E-state index contributed by atoms with van der Waals surface area (Å²) in [6, 6.07) is 11.6. The zero-order valence-electron chi connectivity index (χ0n) is 11.0. The van der Waals surface area contributed by atoms with Crippen LogP contribution in [0.5, 0.6) is 0 Å². The standard InChI is InChI=1S/C17H16FN/c1-11-3-4-14(10-17(11)18)13-5-6-16-12(2)19-8-7-15(16)9-13/h3-6,9-10,19H,2,7-8H2,1H3. The third-order valence-corrected chi connectivity index (χ3v) is 3.67. The van der Waals surface area contributed by atoms with Gasteiger partial charge in [-0.25, -0.2) is 4.39 Å². The third-order valence-electron chi connectivity index (χ3n) is 3.67. The molecule has 0 radical (unpaired) electrons. The van der Waals surface area contributed by atoms with Crippen LogP contribution in [-0.4, -0.2) is 6.54 Å². The first-order valence-corrected chi connectivity index (χ1v) is 6.48. The van der Waals surface area contributed by atoms with Crippen molar-refractivity contribution >= 4 is 5.70 Å². The molecule has 0 saturated carbocycles. The van der Waals surface area contributed by atoms with E-state index in [0.29, 0.717) is 5.56 Å². The number of hydrogen-bond donors (Lipinski definition) is 1. The van der Waals surface area contributed by atoms with Crippen molar-refractivity contribution in [2.24, 2.45) is 0 Å². The van der Waals surface area contributed by atoms with Crippen LogP contribution in [0.15, 0.2) is 43.0 Å². The molecule has 0 spiro atoms. The first kappa shape index (κ1) is 12.0. The summed E-state index contributed by atoms with van der Waals surface area (Å²) in [7, 11) is 0. The topological polar surface area (TPSA) is 12.0 Å². The molecule has 1 N–H and O–H groups in total. The lowest BCUT2D eigenvalue weighted by Crippen LogP contribution is -2.21. The molecule has 0 fully saturated rings. The normalized spacial score (nSPS) is 13.9. The first-order valence-electron chi connectivity index (χ1n) is 6.48. The van der Waals surface area contributed by atoms with Crippen LogP contribution < -0.4 is 5.32 Å². The lowest BCUT2D eigenvalue weighted by Gasteiger charge is -2.21. The first-order chi connectivity index (χ1) is 9.15. The number of nitrogens with one attached hydrogen (secondary N) is 1. The smallest absolute Gasteiger partial charge is 0.126 e. The summed E-state index contributed by atoms with van der Waals surface area (Å²) in [5, 5.41) is 3.26. The molecule has 1 aliphatic rings. The largest absolute Gasteiger partial charge is 0.385 e. The Hall–Kier alpha value is -2.09. The summed E-state index contributed by atoms with van der Waals surface area (Å²) in [6.07, 6.45) is 0.983. The number of rotatable bonds is 1. The molecule has 2 aromatic carbocycles. The average Bonchev–Trinajstić information content (AvgIpc) is 2.42. The summed E-state index contributed by atoms with van der Waals surface area (Å²) in [5.41, 5.74) is 6.09. The molecule has 96 valence electrons. The van der Waals surface area contributed by atoms with Crippen LogP contribution in [0.4, 0.5) is 4.39 Å². The van der Waals surface area contributed by atoms with E-state index >= 15 is 0 Å². The van der Waals surface area contributed by atoms with E-state index in [2.05, 4.69) is 24.0 Å².